The van der Waals surface area contributed by atoms with E-state index in [-0.39, 0.29) is 21.8 Å². The molecule has 0 fully saturated rings. The highest BCUT2D eigenvalue weighted by atomic mass is 79.9. The van der Waals surface area contributed by atoms with Crippen LogP contribution in [0.25, 0.3) is 0 Å². The second kappa shape index (κ2) is 10.7. The second-order valence-electron chi connectivity index (χ2n) is 7.44. The Bertz CT molecular complexity index is 1420. The summed E-state index contributed by atoms with van der Waals surface area (Å²) in [6, 6.07) is 14.3. The van der Waals surface area contributed by atoms with Gasteiger partial charge in [-0.3, -0.25) is 19.6 Å². The van der Waals surface area contributed by atoms with E-state index in [1.54, 1.807) is 18.2 Å². The number of hydrogen-bond donors (Lipinski definition) is 2. The Morgan fingerprint density at radius 2 is 1.74 bits per heavy atom. The van der Waals surface area contributed by atoms with Crippen LogP contribution < -0.4 is 10.0 Å². The lowest BCUT2D eigenvalue weighted by Gasteiger charge is -2.13. The molecule has 182 valence electrons. The number of nitro groups is 1. The third kappa shape index (κ3) is 6.43. The number of para-hydroxylation sites is 1. The maximum absolute atomic E-state index is 12.8. The van der Waals surface area contributed by atoms with Gasteiger partial charge in [0.1, 0.15) is 0 Å². The van der Waals surface area contributed by atoms with Gasteiger partial charge < -0.3 is 10.1 Å². The van der Waals surface area contributed by atoms with E-state index in [0.717, 1.165) is 16.1 Å². The van der Waals surface area contributed by atoms with Crippen molar-refractivity contribution in [2.24, 2.45) is 0 Å². The van der Waals surface area contributed by atoms with Crippen molar-refractivity contribution in [3.63, 3.8) is 0 Å². The summed E-state index contributed by atoms with van der Waals surface area (Å²) in [5, 5.41) is 13.8. The Morgan fingerprint density at radius 3 is 2.43 bits per heavy atom. The summed E-state index contributed by atoms with van der Waals surface area (Å²) in [5.74, 6) is -1.51. The van der Waals surface area contributed by atoms with Crippen LogP contribution in [0, 0.1) is 24.0 Å². The molecule has 3 aromatic rings. The summed E-state index contributed by atoms with van der Waals surface area (Å²) >= 11 is 3.37. The van der Waals surface area contributed by atoms with E-state index in [2.05, 4.69) is 26.0 Å². The third-order valence-electron chi connectivity index (χ3n) is 4.85. The lowest BCUT2D eigenvalue weighted by atomic mass is 10.2. The number of benzene rings is 3. The molecule has 0 saturated heterocycles. The maximum Gasteiger partial charge on any atom is 0.340 e. The monoisotopic (exact) mass is 561 g/mol. The molecule has 0 heterocycles. The number of amides is 1. The highest BCUT2D eigenvalue weighted by molar-refractivity contribution is 9.10. The van der Waals surface area contributed by atoms with E-state index in [0.29, 0.717) is 11.3 Å². The minimum absolute atomic E-state index is 0.107. The van der Waals surface area contributed by atoms with E-state index in [1.807, 2.05) is 6.92 Å². The van der Waals surface area contributed by atoms with Crippen molar-refractivity contribution in [1.29, 1.82) is 0 Å². The lowest BCUT2D eigenvalue weighted by Crippen LogP contribution is -2.22. The largest absolute Gasteiger partial charge is 0.452 e. The third-order valence-corrected chi connectivity index (χ3v) is 7.11. The first kappa shape index (κ1) is 25.8. The summed E-state index contributed by atoms with van der Waals surface area (Å²) in [4.78, 5) is 34.9. The molecule has 0 aliphatic heterocycles. The number of nitrogens with one attached hydrogen (secondary N) is 2. The molecular weight excluding hydrogens is 542 g/mol. The van der Waals surface area contributed by atoms with Crippen LogP contribution in [0.3, 0.4) is 0 Å². The minimum atomic E-state index is -4.27. The smallest absolute Gasteiger partial charge is 0.340 e. The van der Waals surface area contributed by atoms with Crippen molar-refractivity contribution < 1.29 is 27.7 Å². The van der Waals surface area contributed by atoms with Gasteiger partial charge in [-0.25, -0.2) is 13.2 Å². The quantitative estimate of drug-likeness (QED) is 0.232. The first-order chi connectivity index (χ1) is 16.5. The molecule has 0 radical (unpaired) electrons. The number of nitrogens with zero attached hydrogens (tertiary/aromatic N) is 1. The zero-order chi connectivity index (χ0) is 25.8. The van der Waals surface area contributed by atoms with Gasteiger partial charge >= 0.3 is 5.97 Å². The molecule has 0 atom stereocenters. The SMILES string of the molecule is Cc1cc(NC(=O)COC(=O)c2ccccc2NS(=O)(=O)c2ccc(C)c([N+](=O)[O-])c2)ccc1Br. The molecule has 3 aromatic carbocycles. The zero-order valence-corrected chi connectivity index (χ0v) is 21.0. The Hall–Kier alpha value is -3.77. The number of sulfonamides is 1. The molecule has 10 nitrogen and oxygen atoms in total. The van der Waals surface area contributed by atoms with Crippen LogP contribution in [0.15, 0.2) is 70.0 Å². The molecule has 0 aliphatic rings. The number of rotatable bonds is 8. The number of anilines is 2. The molecule has 12 heteroatoms. The summed E-state index contributed by atoms with van der Waals surface area (Å²) in [7, 11) is -4.27. The van der Waals surface area contributed by atoms with Gasteiger partial charge in [-0.05, 0) is 55.8 Å². The molecule has 35 heavy (non-hydrogen) atoms. The summed E-state index contributed by atoms with van der Waals surface area (Å²) in [6.45, 7) is 2.74. The van der Waals surface area contributed by atoms with Crippen molar-refractivity contribution in [1.82, 2.24) is 0 Å². The highest BCUT2D eigenvalue weighted by Gasteiger charge is 2.23. The van der Waals surface area contributed by atoms with E-state index >= 15 is 0 Å². The van der Waals surface area contributed by atoms with Gasteiger partial charge in [0, 0.05) is 21.8 Å². The van der Waals surface area contributed by atoms with Gasteiger partial charge in [0.15, 0.2) is 6.61 Å². The number of carbonyl (C=O) groups excluding carboxylic acids is 2. The average Bonchev–Trinajstić information content (AvgIpc) is 2.80. The van der Waals surface area contributed by atoms with Crippen LogP contribution in [-0.4, -0.2) is 31.8 Å². The van der Waals surface area contributed by atoms with Crippen LogP contribution in [0.5, 0.6) is 0 Å². The predicted molar refractivity (Wildman–Crippen MR) is 133 cm³/mol. The molecule has 0 unspecified atom stereocenters. The fourth-order valence-electron chi connectivity index (χ4n) is 3.04. The van der Waals surface area contributed by atoms with E-state index in [1.165, 1.54) is 43.3 Å². The molecule has 0 aliphatic carbocycles. The Balaban J connectivity index is 1.73. The van der Waals surface area contributed by atoms with Crippen molar-refractivity contribution >= 4 is 54.9 Å². The number of nitro benzene ring substituents is 1. The standard InChI is InChI=1S/C23H20BrN3O7S/c1-14-7-9-17(12-21(14)27(30)31)35(32,33)26-20-6-4-3-5-18(20)23(29)34-13-22(28)25-16-8-10-19(24)15(2)11-16/h3-12,26H,13H2,1-2H3,(H,25,28). The van der Waals surface area contributed by atoms with Gasteiger partial charge in [0.2, 0.25) is 0 Å². The second-order valence-corrected chi connectivity index (χ2v) is 9.98. The zero-order valence-electron chi connectivity index (χ0n) is 18.6. The molecule has 0 aromatic heterocycles. The van der Waals surface area contributed by atoms with Gasteiger partial charge in [-0.1, -0.05) is 34.1 Å². The molecule has 0 spiro atoms. The Labute approximate surface area is 209 Å². The molecule has 3 rings (SSSR count). The number of carbonyl (C=O) groups is 2. The first-order valence-electron chi connectivity index (χ1n) is 10.1. The van der Waals surface area contributed by atoms with Crippen molar-refractivity contribution in [2.75, 3.05) is 16.6 Å². The van der Waals surface area contributed by atoms with Crippen molar-refractivity contribution in [3.05, 3.63) is 91.9 Å². The molecule has 2 N–H and O–H groups in total. The van der Waals surface area contributed by atoms with Crippen LogP contribution in [-0.2, 0) is 19.6 Å². The maximum atomic E-state index is 12.8. The topological polar surface area (TPSA) is 145 Å². The lowest BCUT2D eigenvalue weighted by molar-refractivity contribution is -0.385. The number of aryl methyl sites for hydroxylation is 2. The van der Waals surface area contributed by atoms with E-state index in [9.17, 15) is 28.1 Å². The number of hydrogen-bond acceptors (Lipinski definition) is 7. The number of halogens is 1. The fraction of sp³-hybridized carbons (Fsp3) is 0.130. The summed E-state index contributed by atoms with van der Waals surface area (Å²) in [5.41, 5.74) is 1.13. The summed E-state index contributed by atoms with van der Waals surface area (Å²) < 4.78 is 33.8. The van der Waals surface area contributed by atoms with Crippen LogP contribution in [0.1, 0.15) is 21.5 Å². The van der Waals surface area contributed by atoms with Gasteiger partial charge in [0.05, 0.1) is 21.1 Å². The van der Waals surface area contributed by atoms with Gasteiger partial charge in [-0.15, -0.1) is 0 Å². The molecule has 0 saturated carbocycles. The van der Waals surface area contributed by atoms with Crippen LogP contribution in [0.4, 0.5) is 17.1 Å². The Morgan fingerprint density at radius 1 is 1.03 bits per heavy atom. The first-order valence-corrected chi connectivity index (χ1v) is 12.4. The highest BCUT2D eigenvalue weighted by Crippen LogP contribution is 2.26. The summed E-state index contributed by atoms with van der Waals surface area (Å²) in [6.07, 6.45) is 0. The van der Waals surface area contributed by atoms with E-state index in [4.69, 9.17) is 4.74 Å². The van der Waals surface area contributed by atoms with Crippen molar-refractivity contribution in [3.8, 4) is 0 Å². The van der Waals surface area contributed by atoms with Gasteiger partial charge in [0.25, 0.3) is 21.6 Å². The van der Waals surface area contributed by atoms with Crippen molar-refractivity contribution in [2.45, 2.75) is 18.7 Å². The normalized spacial score (nSPS) is 10.9. The molecular formula is C23H20BrN3O7S. The average molecular weight is 562 g/mol. The van der Waals surface area contributed by atoms with E-state index < -0.39 is 33.4 Å². The predicted octanol–water partition coefficient (Wildman–Crippen LogP) is 4.57. The minimum Gasteiger partial charge on any atom is -0.452 e. The Kier molecular flexibility index (Phi) is 7.87. The fourth-order valence-corrected chi connectivity index (χ4v) is 4.38. The van der Waals surface area contributed by atoms with Crippen LogP contribution in [0.2, 0.25) is 0 Å². The number of esters is 1. The van der Waals surface area contributed by atoms with Crippen LogP contribution >= 0.6 is 15.9 Å². The molecule has 1 amide bonds. The number of ether oxygens (including phenoxy) is 1. The van der Waals surface area contributed by atoms with Gasteiger partial charge in [-0.2, -0.15) is 0 Å². The molecule has 0 bridgehead atoms.